The van der Waals surface area contributed by atoms with E-state index >= 15 is 0 Å². The number of carboxylic acids is 1. The Hall–Kier alpha value is -2.82. The van der Waals surface area contributed by atoms with Gasteiger partial charge in [0.1, 0.15) is 6.61 Å². The van der Waals surface area contributed by atoms with Crippen LogP contribution in [0.5, 0.6) is 0 Å². The first-order valence-electron chi connectivity index (χ1n) is 9.73. The Kier molecular flexibility index (Phi) is 4.61. The number of aliphatic carboxylic acids is 1. The molecule has 0 heterocycles. The fraction of sp³-hybridized carbons (Fsp3) is 0.391. The molecule has 0 spiro atoms. The fourth-order valence-corrected chi connectivity index (χ4v) is 4.49. The highest BCUT2D eigenvalue weighted by molar-refractivity contribution is 5.79. The molecule has 5 nitrogen and oxygen atoms in total. The zero-order chi connectivity index (χ0) is 19.9. The number of rotatable bonds is 6. The molecule has 1 saturated carbocycles. The molecule has 5 heteroatoms. The number of fused-ring (bicyclic) bond motifs is 3. The molecule has 0 bridgehead atoms. The quantitative estimate of drug-likeness (QED) is 0.779. The standard InChI is InChI=1S/C23H25NO4/c1-14-12-23(14,2)20(11-21(25)26)24-22(27)28-13-19-17-9-5-3-7-15(17)16-8-4-6-10-18(16)19/h3-10,14,19-20H,11-13H2,1-2H3,(H,24,27)(H,25,26). The number of hydrogen-bond donors (Lipinski definition) is 2. The van der Waals surface area contributed by atoms with Crippen LogP contribution in [0.1, 0.15) is 43.7 Å². The first kappa shape index (κ1) is 18.5. The summed E-state index contributed by atoms with van der Waals surface area (Å²) in [5, 5.41) is 12.0. The molecule has 1 amide bonds. The van der Waals surface area contributed by atoms with E-state index in [0.717, 1.165) is 17.5 Å². The van der Waals surface area contributed by atoms with Crippen LogP contribution >= 0.6 is 0 Å². The molecular weight excluding hydrogens is 354 g/mol. The molecule has 4 rings (SSSR count). The van der Waals surface area contributed by atoms with Gasteiger partial charge in [-0.2, -0.15) is 0 Å². The number of carbonyl (C=O) groups is 2. The molecule has 2 N–H and O–H groups in total. The molecule has 0 aromatic heterocycles. The Morgan fingerprint density at radius 1 is 1.14 bits per heavy atom. The van der Waals surface area contributed by atoms with Gasteiger partial charge in [0.15, 0.2) is 0 Å². The van der Waals surface area contributed by atoms with Crippen molar-refractivity contribution in [2.45, 2.75) is 38.6 Å². The maximum Gasteiger partial charge on any atom is 0.407 e. The molecule has 3 atom stereocenters. The van der Waals surface area contributed by atoms with Gasteiger partial charge < -0.3 is 15.2 Å². The summed E-state index contributed by atoms with van der Waals surface area (Å²) in [6.45, 7) is 4.33. The Morgan fingerprint density at radius 3 is 2.18 bits per heavy atom. The minimum absolute atomic E-state index is 0.00786. The molecule has 0 saturated heterocycles. The number of benzene rings is 2. The van der Waals surface area contributed by atoms with E-state index in [0.29, 0.717) is 5.92 Å². The lowest BCUT2D eigenvalue weighted by Crippen LogP contribution is -2.43. The van der Waals surface area contributed by atoms with Crippen molar-refractivity contribution >= 4 is 12.1 Å². The predicted octanol–water partition coefficient (Wildman–Crippen LogP) is 4.41. The highest BCUT2D eigenvalue weighted by Gasteiger charge is 2.53. The Bertz CT molecular complexity index is 879. The summed E-state index contributed by atoms with van der Waals surface area (Å²) in [6, 6.07) is 15.9. The van der Waals surface area contributed by atoms with Crippen LogP contribution in [0.3, 0.4) is 0 Å². The first-order chi connectivity index (χ1) is 13.4. The number of alkyl carbamates (subject to hydrolysis) is 1. The fourth-order valence-electron chi connectivity index (χ4n) is 4.49. The van der Waals surface area contributed by atoms with Crippen molar-refractivity contribution in [2.75, 3.05) is 6.61 Å². The smallest absolute Gasteiger partial charge is 0.407 e. The number of carbonyl (C=O) groups excluding carboxylic acids is 1. The lowest BCUT2D eigenvalue weighted by Gasteiger charge is -2.24. The second-order valence-corrected chi connectivity index (χ2v) is 8.23. The third kappa shape index (κ3) is 3.26. The zero-order valence-corrected chi connectivity index (χ0v) is 16.1. The largest absolute Gasteiger partial charge is 0.481 e. The molecule has 28 heavy (non-hydrogen) atoms. The maximum absolute atomic E-state index is 12.5. The highest BCUT2D eigenvalue weighted by Crippen LogP contribution is 2.55. The average molecular weight is 379 g/mol. The van der Waals surface area contributed by atoms with Crippen LogP contribution in [0, 0.1) is 11.3 Å². The molecule has 0 aliphatic heterocycles. The molecule has 146 valence electrons. The number of hydrogen-bond acceptors (Lipinski definition) is 3. The van der Waals surface area contributed by atoms with E-state index in [9.17, 15) is 14.7 Å². The molecule has 2 aliphatic carbocycles. The van der Waals surface area contributed by atoms with Crippen LogP contribution in [0.15, 0.2) is 48.5 Å². The number of carboxylic acid groups (broad SMARTS) is 1. The highest BCUT2D eigenvalue weighted by atomic mass is 16.5. The van der Waals surface area contributed by atoms with E-state index in [1.54, 1.807) is 0 Å². The molecular formula is C23H25NO4. The summed E-state index contributed by atoms with van der Waals surface area (Å²) in [6.07, 6.45) is 0.271. The lowest BCUT2D eigenvalue weighted by atomic mass is 9.93. The van der Waals surface area contributed by atoms with Crippen LogP contribution in [0.4, 0.5) is 4.79 Å². The van der Waals surface area contributed by atoms with Crippen molar-refractivity contribution < 1.29 is 19.4 Å². The molecule has 2 aliphatic rings. The summed E-state index contributed by atoms with van der Waals surface area (Å²) >= 11 is 0. The van der Waals surface area contributed by atoms with E-state index in [-0.39, 0.29) is 24.4 Å². The lowest BCUT2D eigenvalue weighted by molar-refractivity contribution is -0.138. The molecule has 2 aromatic rings. The summed E-state index contributed by atoms with van der Waals surface area (Å²) in [4.78, 5) is 23.7. The monoisotopic (exact) mass is 379 g/mol. The first-order valence-corrected chi connectivity index (χ1v) is 9.73. The normalized spacial score (nSPS) is 23.4. The number of ether oxygens (including phenoxy) is 1. The van der Waals surface area contributed by atoms with Crippen molar-refractivity contribution in [3.63, 3.8) is 0 Å². The van der Waals surface area contributed by atoms with Gasteiger partial charge >= 0.3 is 12.1 Å². The topological polar surface area (TPSA) is 75.6 Å². The Balaban J connectivity index is 1.46. The number of nitrogens with one attached hydrogen (secondary N) is 1. The summed E-state index contributed by atoms with van der Waals surface area (Å²) in [5.41, 5.74) is 4.48. The third-order valence-corrected chi connectivity index (χ3v) is 6.52. The van der Waals surface area contributed by atoms with Gasteiger partial charge in [-0.15, -0.1) is 0 Å². The maximum atomic E-state index is 12.5. The Labute approximate surface area is 164 Å². The van der Waals surface area contributed by atoms with Crippen molar-refractivity contribution in [1.29, 1.82) is 0 Å². The van der Waals surface area contributed by atoms with Gasteiger partial charge in [0.2, 0.25) is 0 Å². The van der Waals surface area contributed by atoms with Crippen LogP contribution in [0.2, 0.25) is 0 Å². The molecule has 1 fully saturated rings. The SMILES string of the molecule is CC1CC1(C)C(CC(=O)O)NC(=O)OCC1c2ccccc2-c2ccccc21. The van der Waals surface area contributed by atoms with E-state index in [4.69, 9.17) is 4.74 Å². The van der Waals surface area contributed by atoms with Crippen molar-refractivity contribution in [3.8, 4) is 11.1 Å². The van der Waals surface area contributed by atoms with Crippen LogP contribution < -0.4 is 5.32 Å². The van der Waals surface area contributed by atoms with E-state index in [1.165, 1.54) is 11.1 Å². The van der Waals surface area contributed by atoms with Crippen LogP contribution in [-0.4, -0.2) is 29.8 Å². The second kappa shape index (κ2) is 6.97. The van der Waals surface area contributed by atoms with Gasteiger partial charge in [0.25, 0.3) is 0 Å². The Morgan fingerprint density at radius 2 is 1.68 bits per heavy atom. The van der Waals surface area contributed by atoms with Gasteiger partial charge in [-0.3, -0.25) is 4.79 Å². The summed E-state index contributed by atoms with van der Waals surface area (Å²) in [5.74, 6) is -0.526. The molecule has 3 unspecified atom stereocenters. The minimum atomic E-state index is -0.913. The zero-order valence-electron chi connectivity index (χ0n) is 16.1. The third-order valence-electron chi connectivity index (χ3n) is 6.52. The van der Waals surface area contributed by atoms with E-state index in [1.807, 2.05) is 31.2 Å². The minimum Gasteiger partial charge on any atom is -0.481 e. The van der Waals surface area contributed by atoms with Gasteiger partial charge in [0.05, 0.1) is 6.42 Å². The second-order valence-electron chi connectivity index (χ2n) is 8.23. The van der Waals surface area contributed by atoms with E-state index < -0.39 is 18.1 Å². The van der Waals surface area contributed by atoms with Crippen molar-refractivity contribution in [2.24, 2.45) is 11.3 Å². The number of amides is 1. The summed E-state index contributed by atoms with van der Waals surface area (Å²) < 4.78 is 5.57. The van der Waals surface area contributed by atoms with E-state index in [2.05, 4.69) is 36.5 Å². The summed E-state index contributed by atoms with van der Waals surface area (Å²) in [7, 11) is 0. The van der Waals surface area contributed by atoms with Crippen LogP contribution in [0.25, 0.3) is 11.1 Å². The van der Waals surface area contributed by atoms with Gasteiger partial charge in [-0.05, 0) is 40.0 Å². The van der Waals surface area contributed by atoms with Crippen LogP contribution in [-0.2, 0) is 9.53 Å². The predicted molar refractivity (Wildman–Crippen MR) is 106 cm³/mol. The van der Waals surface area contributed by atoms with Gasteiger partial charge in [-0.1, -0.05) is 62.4 Å². The van der Waals surface area contributed by atoms with Gasteiger partial charge in [0, 0.05) is 12.0 Å². The van der Waals surface area contributed by atoms with Gasteiger partial charge in [-0.25, -0.2) is 4.79 Å². The van der Waals surface area contributed by atoms with Crippen molar-refractivity contribution in [3.05, 3.63) is 59.7 Å². The molecule has 0 radical (unpaired) electrons. The average Bonchev–Trinajstić information content (AvgIpc) is 3.17. The molecule has 2 aromatic carbocycles. The van der Waals surface area contributed by atoms with Crippen molar-refractivity contribution in [1.82, 2.24) is 5.32 Å².